The van der Waals surface area contributed by atoms with E-state index in [4.69, 9.17) is 17.3 Å². The highest BCUT2D eigenvalue weighted by Gasteiger charge is 2.17. The van der Waals surface area contributed by atoms with Crippen molar-refractivity contribution in [1.82, 2.24) is 20.3 Å². The molecule has 0 spiro atoms. The van der Waals surface area contributed by atoms with E-state index in [2.05, 4.69) is 36.2 Å². The summed E-state index contributed by atoms with van der Waals surface area (Å²) in [6, 6.07) is 13.2. The number of aryl methyl sites for hydroxylation is 1. The number of carbonyl (C=O) groups is 1. The summed E-state index contributed by atoms with van der Waals surface area (Å²) in [7, 11) is 0. The molecule has 1 aliphatic rings. The molecule has 10 heteroatoms. The molecule has 0 radical (unpaired) electrons. The van der Waals surface area contributed by atoms with Crippen LogP contribution in [0.15, 0.2) is 42.5 Å². The first kappa shape index (κ1) is 22.8. The van der Waals surface area contributed by atoms with Crippen LogP contribution in [-0.4, -0.2) is 46.5 Å². The second-order valence-corrected chi connectivity index (χ2v) is 8.40. The Morgan fingerprint density at radius 1 is 1.12 bits per heavy atom. The van der Waals surface area contributed by atoms with Crippen molar-refractivity contribution in [1.29, 1.82) is 0 Å². The number of hydrogen-bond acceptors (Lipinski definition) is 8. The van der Waals surface area contributed by atoms with Gasteiger partial charge in [0, 0.05) is 35.4 Å². The molecule has 0 bridgehead atoms. The van der Waals surface area contributed by atoms with Crippen LogP contribution in [0, 0.1) is 6.92 Å². The van der Waals surface area contributed by atoms with Gasteiger partial charge >= 0.3 is 0 Å². The lowest BCUT2D eigenvalue weighted by Crippen LogP contribution is -2.24. The Balaban J connectivity index is 1.53. The van der Waals surface area contributed by atoms with Gasteiger partial charge in [-0.3, -0.25) is 4.79 Å². The number of nitrogens with one attached hydrogen (secondary N) is 4. The number of anilines is 4. The molecule has 1 aromatic heterocycles. The van der Waals surface area contributed by atoms with Crippen molar-refractivity contribution in [3.05, 3.63) is 64.2 Å². The summed E-state index contributed by atoms with van der Waals surface area (Å²) in [5.41, 5.74) is 8.65. The first-order valence-corrected chi connectivity index (χ1v) is 11.2. The van der Waals surface area contributed by atoms with E-state index in [1.165, 1.54) is 0 Å². The summed E-state index contributed by atoms with van der Waals surface area (Å²) < 4.78 is 0. The molecule has 1 atom stereocenters. The first-order valence-electron chi connectivity index (χ1n) is 10.9. The number of hydrogen-bond donors (Lipinski definition) is 5. The van der Waals surface area contributed by atoms with Crippen LogP contribution >= 0.6 is 11.6 Å². The van der Waals surface area contributed by atoms with Crippen molar-refractivity contribution in [2.45, 2.75) is 25.8 Å². The number of nitrogens with zero attached hydrogens (tertiary/aromatic N) is 3. The summed E-state index contributed by atoms with van der Waals surface area (Å²) in [6.45, 7) is 4.39. The second-order valence-electron chi connectivity index (χ2n) is 7.96. The number of benzene rings is 2. The lowest BCUT2D eigenvalue weighted by atomic mass is 10.1. The fraction of sp³-hybridized carbons (Fsp3) is 0.304. The zero-order chi connectivity index (χ0) is 23.2. The zero-order valence-electron chi connectivity index (χ0n) is 18.4. The molecule has 0 unspecified atom stereocenters. The van der Waals surface area contributed by atoms with Crippen LogP contribution in [-0.2, 0) is 6.42 Å². The minimum Gasteiger partial charge on any atom is -0.366 e. The average molecular weight is 467 g/mol. The fourth-order valence-corrected chi connectivity index (χ4v) is 3.66. The first-order chi connectivity index (χ1) is 16.0. The molecule has 4 rings (SSSR count). The minimum absolute atomic E-state index is 0.252. The Kier molecular flexibility index (Phi) is 7.21. The van der Waals surface area contributed by atoms with Crippen LogP contribution in [0.2, 0.25) is 5.02 Å². The van der Waals surface area contributed by atoms with Gasteiger partial charge in [-0.25, -0.2) is 0 Å². The third-order valence-electron chi connectivity index (χ3n) is 5.41. The Labute approximate surface area is 197 Å². The standard InChI is InChI=1S/C23H27ClN8O/c1-14-2-5-16(20(25)33)12-19(14)29-23-31-21(27-11-8-15-3-6-17(24)7-4-15)30-22(32-23)28-18-9-10-26-13-18/h2-7,12,18,26H,8-11,13H2,1H3,(H2,25,33)(H3,27,28,29,30,31,32)/t18-/m1/s1. The highest BCUT2D eigenvalue weighted by molar-refractivity contribution is 6.30. The molecule has 33 heavy (non-hydrogen) atoms. The van der Waals surface area contributed by atoms with Gasteiger partial charge in [0.15, 0.2) is 0 Å². The van der Waals surface area contributed by atoms with Crippen LogP contribution < -0.4 is 27.0 Å². The van der Waals surface area contributed by atoms with E-state index in [9.17, 15) is 4.79 Å². The van der Waals surface area contributed by atoms with E-state index >= 15 is 0 Å². The topological polar surface area (TPSA) is 130 Å². The lowest BCUT2D eigenvalue weighted by Gasteiger charge is -2.15. The molecule has 1 saturated heterocycles. The molecule has 1 amide bonds. The van der Waals surface area contributed by atoms with Gasteiger partial charge in [-0.15, -0.1) is 0 Å². The third kappa shape index (κ3) is 6.30. The van der Waals surface area contributed by atoms with Crippen LogP contribution in [0.1, 0.15) is 27.9 Å². The summed E-state index contributed by atoms with van der Waals surface area (Å²) in [5.74, 6) is 0.823. The number of primary amides is 1. The van der Waals surface area contributed by atoms with E-state index in [-0.39, 0.29) is 6.04 Å². The predicted molar refractivity (Wildman–Crippen MR) is 131 cm³/mol. The normalized spacial score (nSPS) is 15.3. The molecule has 172 valence electrons. The Morgan fingerprint density at radius 3 is 2.61 bits per heavy atom. The highest BCUT2D eigenvalue weighted by Crippen LogP contribution is 2.22. The lowest BCUT2D eigenvalue weighted by molar-refractivity contribution is 0.100. The molecule has 3 aromatic rings. The summed E-state index contributed by atoms with van der Waals surface area (Å²) in [6.07, 6.45) is 1.79. The van der Waals surface area contributed by atoms with Gasteiger partial charge in [0.25, 0.3) is 0 Å². The minimum atomic E-state index is -0.491. The van der Waals surface area contributed by atoms with Crippen molar-refractivity contribution < 1.29 is 4.79 Å². The predicted octanol–water partition coefficient (Wildman–Crippen LogP) is 3.10. The molecule has 9 nitrogen and oxygen atoms in total. The largest absolute Gasteiger partial charge is 0.366 e. The maximum absolute atomic E-state index is 11.6. The van der Waals surface area contributed by atoms with Gasteiger partial charge in [-0.05, 0) is 61.7 Å². The highest BCUT2D eigenvalue weighted by atomic mass is 35.5. The quantitative estimate of drug-likeness (QED) is 0.325. The number of nitrogens with two attached hydrogens (primary N) is 1. The Morgan fingerprint density at radius 2 is 1.88 bits per heavy atom. The van der Waals surface area contributed by atoms with Crippen molar-refractivity contribution >= 4 is 41.0 Å². The van der Waals surface area contributed by atoms with Gasteiger partial charge in [0.1, 0.15) is 0 Å². The van der Waals surface area contributed by atoms with Gasteiger partial charge < -0.3 is 27.0 Å². The summed E-state index contributed by atoms with van der Waals surface area (Å²) >= 11 is 5.96. The smallest absolute Gasteiger partial charge is 0.248 e. The molecule has 0 aliphatic carbocycles. The van der Waals surface area contributed by atoms with Gasteiger partial charge in [0.2, 0.25) is 23.8 Å². The Bertz CT molecular complexity index is 1120. The van der Waals surface area contributed by atoms with E-state index in [0.717, 1.165) is 37.1 Å². The maximum atomic E-state index is 11.6. The number of aromatic nitrogens is 3. The average Bonchev–Trinajstić information content (AvgIpc) is 3.29. The molecule has 2 heterocycles. The second kappa shape index (κ2) is 10.5. The van der Waals surface area contributed by atoms with Crippen LogP contribution in [0.4, 0.5) is 23.5 Å². The fourth-order valence-electron chi connectivity index (χ4n) is 3.54. The van der Waals surface area contributed by atoms with E-state index in [1.54, 1.807) is 12.1 Å². The maximum Gasteiger partial charge on any atom is 0.248 e. The van der Waals surface area contributed by atoms with Crippen LogP contribution in [0.25, 0.3) is 0 Å². The molecular formula is C23H27ClN8O. The summed E-state index contributed by atoms with van der Waals surface area (Å²) in [4.78, 5) is 25.2. The van der Waals surface area contributed by atoms with Crippen molar-refractivity contribution in [3.63, 3.8) is 0 Å². The van der Waals surface area contributed by atoms with Crippen molar-refractivity contribution in [2.24, 2.45) is 5.73 Å². The molecule has 0 saturated carbocycles. The zero-order valence-corrected chi connectivity index (χ0v) is 19.1. The van der Waals surface area contributed by atoms with Crippen LogP contribution in [0.3, 0.4) is 0 Å². The van der Waals surface area contributed by atoms with Gasteiger partial charge in [-0.2, -0.15) is 15.0 Å². The molecule has 1 fully saturated rings. The van der Waals surface area contributed by atoms with E-state index < -0.39 is 5.91 Å². The van der Waals surface area contributed by atoms with Crippen molar-refractivity contribution in [2.75, 3.05) is 35.6 Å². The number of amides is 1. The van der Waals surface area contributed by atoms with E-state index in [1.807, 2.05) is 37.3 Å². The molecule has 2 aromatic carbocycles. The molecule has 1 aliphatic heterocycles. The van der Waals surface area contributed by atoms with E-state index in [0.29, 0.717) is 40.7 Å². The SMILES string of the molecule is Cc1ccc(C(N)=O)cc1Nc1nc(NCCc2ccc(Cl)cc2)nc(N[C@@H]2CCNC2)n1. The molecule has 6 N–H and O–H groups in total. The van der Waals surface area contributed by atoms with Gasteiger partial charge in [0.05, 0.1) is 0 Å². The number of carbonyl (C=O) groups excluding carboxylic acids is 1. The summed E-state index contributed by atoms with van der Waals surface area (Å²) in [5, 5.41) is 13.9. The van der Waals surface area contributed by atoms with Crippen molar-refractivity contribution in [3.8, 4) is 0 Å². The number of rotatable bonds is 9. The third-order valence-corrected chi connectivity index (χ3v) is 5.66. The number of halogens is 1. The van der Waals surface area contributed by atoms with Crippen LogP contribution in [0.5, 0.6) is 0 Å². The van der Waals surface area contributed by atoms with Gasteiger partial charge in [-0.1, -0.05) is 29.8 Å². The monoisotopic (exact) mass is 466 g/mol. The Hall–Kier alpha value is -3.43. The molecular weight excluding hydrogens is 440 g/mol.